The van der Waals surface area contributed by atoms with E-state index in [9.17, 15) is 4.79 Å². The molecule has 23 heavy (non-hydrogen) atoms. The van der Waals surface area contributed by atoms with Gasteiger partial charge in [0, 0.05) is 30.8 Å². The van der Waals surface area contributed by atoms with Crippen molar-refractivity contribution in [3.63, 3.8) is 0 Å². The van der Waals surface area contributed by atoms with Crippen LogP contribution in [0.3, 0.4) is 0 Å². The zero-order valence-electron chi connectivity index (χ0n) is 13.7. The molecule has 6 nitrogen and oxygen atoms in total. The summed E-state index contributed by atoms with van der Waals surface area (Å²) in [5.41, 5.74) is 1.54. The van der Waals surface area contributed by atoms with E-state index in [4.69, 9.17) is 9.26 Å². The zero-order chi connectivity index (χ0) is 16.4. The van der Waals surface area contributed by atoms with E-state index in [1.54, 1.807) is 13.2 Å². The van der Waals surface area contributed by atoms with Gasteiger partial charge in [-0.25, -0.2) is 0 Å². The van der Waals surface area contributed by atoms with E-state index in [1.807, 2.05) is 43.3 Å². The van der Waals surface area contributed by atoms with Gasteiger partial charge in [-0.05, 0) is 44.8 Å². The van der Waals surface area contributed by atoms with Crippen LogP contribution < -0.4 is 4.74 Å². The molecule has 1 unspecified atom stereocenters. The molecule has 1 saturated heterocycles. The highest BCUT2D eigenvalue weighted by atomic mass is 16.5. The third-order valence-corrected chi connectivity index (χ3v) is 4.29. The van der Waals surface area contributed by atoms with Crippen LogP contribution in [-0.4, -0.2) is 61.2 Å². The van der Waals surface area contributed by atoms with Crippen molar-refractivity contribution in [3.05, 3.63) is 36.1 Å². The Morgan fingerprint density at radius 2 is 2.09 bits per heavy atom. The fourth-order valence-corrected chi connectivity index (χ4v) is 2.78. The van der Waals surface area contributed by atoms with Crippen LogP contribution in [0.2, 0.25) is 0 Å². The molecular weight excluding hydrogens is 294 g/mol. The van der Waals surface area contributed by atoms with Gasteiger partial charge in [-0.2, -0.15) is 0 Å². The molecule has 1 amide bonds. The van der Waals surface area contributed by atoms with Gasteiger partial charge in [-0.3, -0.25) is 4.79 Å². The maximum atomic E-state index is 12.5. The molecule has 0 bridgehead atoms. The molecule has 1 atom stereocenters. The van der Waals surface area contributed by atoms with E-state index in [2.05, 4.69) is 10.1 Å². The van der Waals surface area contributed by atoms with Crippen molar-refractivity contribution in [1.82, 2.24) is 15.0 Å². The van der Waals surface area contributed by atoms with E-state index in [1.165, 1.54) is 0 Å². The van der Waals surface area contributed by atoms with Gasteiger partial charge < -0.3 is 19.1 Å². The molecule has 1 aromatic carbocycles. The van der Waals surface area contributed by atoms with Crippen LogP contribution in [0.1, 0.15) is 17.0 Å². The number of benzene rings is 1. The standard InChI is InChI=1S/C17H21N3O3/c1-19(2)13-8-9-20(11-13)17(21)16-10-15(18-23-16)12-4-6-14(22-3)7-5-12/h4-7,10,13H,8-9,11H2,1-3H3. The third-order valence-electron chi connectivity index (χ3n) is 4.29. The molecule has 1 aliphatic heterocycles. The summed E-state index contributed by atoms with van der Waals surface area (Å²) in [7, 11) is 5.70. The summed E-state index contributed by atoms with van der Waals surface area (Å²) >= 11 is 0. The first-order chi connectivity index (χ1) is 11.1. The first-order valence-corrected chi connectivity index (χ1v) is 7.65. The van der Waals surface area contributed by atoms with Crippen LogP contribution in [-0.2, 0) is 0 Å². The van der Waals surface area contributed by atoms with E-state index in [-0.39, 0.29) is 11.7 Å². The minimum atomic E-state index is -0.0957. The maximum absolute atomic E-state index is 12.5. The summed E-state index contributed by atoms with van der Waals surface area (Å²) < 4.78 is 10.4. The predicted octanol–water partition coefficient (Wildman–Crippen LogP) is 2.13. The van der Waals surface area contributed by atoms with Crippen LogP contribution in [0.25, 0.3) is 11.3 Å². The molecule has 122 valence electrons. The fourth-order valence-electron chi connectivity index (χ4n) is 2.78. The molecule has 0 saturated carbocycles. The molecule has 6 heteroatoms. The fraction of sp³-hybridized carbons (Fsp3) is 0.412. The quantitative estimate of drug-likeness (QED) is 0.865. The van der Waals surface area contributed by atoms with Gasteiger partial charge in [0.25, 0.3) is 5.91 Å². The van der Waals surface area contributed by atoms with Crippen LogP contribution >= 0.6 is 0 Å². The number of amides is 1. The molecule has 0 N–H and O–H groups in total. The highest BCUT2D eigenvalue weighted by Gasteiger charge is 2.30. The minimum Gasteiger partial charge on any atom is -0.497 e. The summed E-state index contributed by atoms with van der Waals surface area (Å²) in [5.74, 6) is 0.970. The van der Waals surface area contributed by atoms with Crippen LogP contribution in [0.15, 0.2) is 34.9 Å². The molecule has 2 aromatic rings. The van der Waals surface area contributed by atoms with Crippen LogP contribution in [0.5, 0.6) is 5.75 Å². The van der Waals surface area contributed by atoms with Gasteiger partial charge in [0.05, 0.1) is 7.11 Å². The Labute approximate surface area is 135 Å². The molecule has 0 aliphatic carbocycles. The van der Waals surface area contributed by atoms with E-state index < -0.39 is 0 Å². The van der Waals surface area contributed by atoms with Crippen molar-refractivity contribution in [3.8, 4) is 17.0 Å². The van der Waals surface area contributed by atoms with Crippen molar-refractivity contribution >= 4 is 5.91 Å². The van der Waals surface area contributed by atoms with Crippen LogP contribution in [0, 0.1) is 0 Å². The number of carbonyl (C=O) groups is 1. The summed E-state index contributed by atoms with van der Waals surface area (Å²) in [6.45, 7) is 1.48. The van der Waals surface area contributed by atoms with Crippen LogP contribution in [0.4, 0.5) is 0 Å². The number of rotatable bonds is 4. The van der Waals surface area contributed by atoms with Gasteiger partial charge in [0.1, 0.15) is 11.4 Å². The number of hydrogen-bond acceptors (Lipinski definition) is 5. The SMILES string of the molecule is COc1ccc(-c2cc(C(=O)N3CCC(N(C)C)C3)on2)cc1. The second kappa shape index (κ2) is 6.42. The third kappa shape index (κ3) is 3.22. The lowest BCUT2D eigenvalue weighted by Gasteiger charge is -2.19. The maximum Gasteiger partial charge on any atom is 0.292 e. The Kier molecular flexibility index (Phi) is 4.34. The zero-order valence-corrected chi connectivity index (χ0v) is 13.7. The van der Waals surface area contributed by atoms with Gasteiger partial charge >= 0.3 is 0 Å². The molecular formula is C17H21N3O3. The van der Waals surface area contributed by atoms with Gasteiger partial charge in [0.15, 0.2) is 0 Å². The second-order valence-electron chi connectivity index (χ2n) is 5.96. The Hall–Kier alpha value is -2.34. The number of likely N-dealkylation sites (N-methyl/N-ethyl adjacent to an activating group) is 1. The monoisotopic (exact) mass is 315 g/mol. The molecule has 0 radical (unpaired) electrons. The lowest BCUT2D eigenvalue weighted by Crippen LogP contribution is -2.34. The number of likely N-dealkylation sites (tertiary alicyclic amines) is 1. The van der Waals surface area contributed by atoms with Crippen molar-refractivity contribution in [2.24, 2.45) is 0 Å². The highest BCUT2D eigenvalue weighted by molar-refractivity contribution is 5.92. The minimum absolute atomic E-state index is 0.0957. The lowest BCUT2D eigenvalue weighted by atomic mass is 10.1. The molecule has 1 fully saturated rings. The number of ether oxygens (including phenoxy) is 1. The van der Waals surface area contributed by atoms with Gasteiger partial charge in [-0.15, -0.1) is 0 Å². The largest absolute Gasteiger partial charge is 0.497 e. The smallest absolute Gasteiger partial charge is 0.292 e. The Morgan fingerprint density at radius 3 is 2.70 bits per heavy atom. The van der Waals surface area contributed by atoms with Gasteiger partial charge in [0.2, 0.25) is 5.76 Å². The molecule has 3 rings (SSSR count). The summed E-state index contributed by atoms with van der Waals surface area (Å²) in [6, 6.07) is 9.60. The van der Waals surface area contributed by atoms with Gasteiger partial charge in [-0.1, -0.05) is 5.16 Å². The van der Waals surface area contributed by atoms with E-state index in [0.29, 0.717) is 11.7 Å². The average Bonchev–Trinajstić information content (AvgIpc) is 3.24. The Morgan fingerprint density at radius 1 is 1.35 bits per heavy atom. The first-order valence-electron chi connectivity index (χ1n) is 7.65. The normalized spacial score (nSPS) is 17.7. The van der Waals surface area contributed by atoms with Crippen molar-refractivity contribution in [1.29, 1.82) is 0 Å². The summed E-state index contributed by atoms with van der Waals surface area (Å²) in [5, 5.41) is 4.01. The number of nitrogens with zero attached hydrogens (tertiary/aromatic N) is 3. The number of methoxy groups -OCH3 is 1. The highest BCUT2D eigenvalue weighted by Crippen LogP contribution is 2.23. The summed E-state index contributed by atoms with van der Waals surface area (Å²) in [6.07, 6.45) is 0.984. The lowest BCUT2D eigenvalue weighted by molar-refractivity contribution is 0.0741. The number of aromatic nitrogens is 1. The number of hydrogen-bond donors (Lipinski definition) is 0. The summed E-state index contributed by atoms with van der Waals surface area (Å²) in [4.78, 5) is 16.5. The molecule has 0 spiro atoms. The van der Waals surface area contributed by atoms with Crippen molar-refractivity contribution in [2.45, 2.75) is 12.5 Å². The molecule has 2 heterocycles. The van der Waals surface area contributed by atoms with Crippen molar-refractivity contribution in [2.75, 3.05) is 34.3 Å². The first kappa shape index (κ1) is 15.6. The van der Waals surface area contributed by atoms with E-state index in [0.717, 1.165) is 30.8 Å². The van der Waals surface area contributed by atoms with Crippen molar-refractivity contribution < 1.29 is 14.1 Å². The number of carbonyl (C=O) groups excluding carboxylic acids is 1. The average molecular weight is 315 g/mol. The topological polar surface area (TPSA) is 58.8 Å². The molecule has 1 aliphatic rings. The Bertz CT molecular complexity index is 679. The second-order valence-corrected chi connectivity index (χ2v) is 5.96. The van der Waals surface area contributed by atoms with E-state index >= 15 is 0 Å². The predicted molar refractivity (Wildman–Crippen MR) is 86.5 cm³/mol. The Balaban J connectivity index is 1.72. The molecule has 1 aromatic heterocycles.